The average Bonchev–Trinajstić information content (AvgIpc) is 3.41. The van der Waals surface area contributed by atoms with Gasteiger partial charge in [-0.1, -0.05) is 40.9 Å². The van der Waals surface area contributed by atoms with Crippen molar-refractivity contribution in [3.63, 3.8) is 0 Å². The van der Waals surface area contributed by atoms with Gasteiger partial charge in [-0.25, -0.2) is 13.2 Å². The summed E-state index contributed by atoms with van der Waals surface area (Å²) in [5.41, 5.74) is -0.103. The lowest BCUT2D eigenvalue weighted by atomic mass is 10.2. The van der Waals surface area contributed by atoms with E-state index >= 15 is 0 Å². The summed E-state index contributed by atoms with van der Waals surface area (Å²) in [4.78, 5) is 40.2. The van der Waals surface area contributed by atoms with E-state index in [0.717, 1.165) is 12.1 Å². The van der Waals surface area contributed by atoms with Crippen molar-refractivity contribution < 1.29 is 32.0 Å². The number of furan rings is 1. The van der Waals surface area contributed by atoms with Crippen LogP contribution in [0.2, 0.25) is 15.1 Å². The lowest BCUT2D eigenvalue weighted by Gasteiger charge is -2.34. The van der Waals surface area contributed by atoms with Gasteiger partial charge in [-0.15, -0.1) is 0 Å². The van der Waals surface area contributed by atoms with Crippen LogP contribution in [0.4, 0.5) is 5.69 Å². The van der Waals surface area contributed by atoms with Gasteiger partial charge in [0.15, 0.2) is 12.4 Å². The Balaban J connectivity index is 1.38. The van der Waals surface area contributed by atoms with Crippen LogP contribution in [0, 0.1) is 0 Å². The van der Waals surface area contributed by atoms with Crippen LogP contribution >= 0.6 is 34.8 Å². The minimum Gasteiger partial charge on any atom is -0.459 e. The molecule has 1 aliphatic rings. The summed E-state index contributed by atoms with van der Waals surface area (Å²) in [6.07, 6.45) is 1.41. The van der Waals surface area contributed by atoms with Gasteiger partial charge in [-0.2, -0.15) is 0 Å². The van der Waals surface area contributed by atoms with Crippen molar-refractivity contribution in [3.05, 3.63) is 81.2 Å². The Morgan fingerprint density at radius 2 is 1.63 bits per heavy atom. The maximum Gasteiger partial charge on any atom is 0.340 e. The Labute approximate surface area is 233 Å². The van der Waals surface area contributed by atoms with E-state index in [1.807, 2.05) is 0 Å². The second-order valence-corrected chi connectivity index (χ2v) is 11.0. The number of ether oxygens (including phenoxy) is 1. The summed E-state index contributed by atoms with van der Waals surface area (Å²) in [7, 11) is -4.23. The van der Waals surface area contributed by atoms with Gasteiger partial charge < -0.3 is 19.0 Å². The number of sulfonamides is 1. The van der Waals surface area contributed by atoms with Crippen molar-refractivity contribution in [2.75, 3.05) is 37.5 Å². The topological polar surface area (TPSA) is 126 Å². The largest absolute Gasteiger partial charge is 0.459 e. The maximum atomic E-state index is 12.9. The molecule has 1 N–H and O–H groups in total. The van der Waals surface area contributed by atoms with Crippen LogP contribution in [0.3, 0.4) is 0 Å². The molecule has 1 aliphatic heterocycles. The molecule has 0 bridgehead atoms. The highest BCUT2D eigenvalue weighted by Crippen LogP contribution is 2.31. The van der Waals surface area contributed by atoms with Crippen molar-refractivity contribution in [1.29, 1.82) is 0 Å². The summed E-state index contributed by atoms with van der Waals surface area (Å²) in [5, 5.41) is -0.0646. The first kappa shape index (κ1) is 27.8. The standard InChI is InChI=1S/C24H20Cl3N3O7S/c25-15-3-1-4-16(11-15)28-38(34,35)21-12-17(18(26)13-19(21)27)24(33)37-14-22(31)29-6-8-30(9-7-29)23(32)20-5-2-10-36-20/h1-5,10-13,28H,6-9,14H2. The van der Waals surface area contributed by atoms with Crippen LogP contribution in [0.15, 0.2) is 64.1 Å². The Hall–Kier alpha value is -3.25. The van der Waals surface area contributed by atoms with E-state index in [0.29, 0.717) is 5.02 Å². The molecule has 1 saturated heterocycles. The summed E-state index contributed by atoms with van der Waals surface area (Å²) in [6, 6.07) is 11.3. The molecule has 1 fully saturated rings. The molecule has 2 heterocycles. The number of nitrogens with zero attached hydrogens (tertiary/aromatic N) is 2. The molecule has 2 amide bonds. The Morgan fingerprint density at radius 1 is 0.921 bits per heavy atom. The summed E-state index contributed by atoms with van der Waals surface area (Å²) >= 11 is 18.1. The molecule has 38 heavy (non-hydrogen) atoms. The molecule has 0 aliphatic carbocycles. The number of rotatable bonds is 7. The van der Waals surface area contributed by atoms with E-state index in [1.54, 1.807) is 29.2 Å². The van der Waals surface area contributed by atoms with Gasteiger partial charge in [0.1, 0.15) is 4.90 Å². The highest BCUT2D eigenvalue weighted by atomic mass is 35.5. The second-order valence-electron chi connectivity index (χ2n) is 8.10. The molecule has 10 nitrogen and oxygen atoms in total. The number of carbonyl (C=O) groups excluding carboxylic acids is 3. The third-order valence-electron chi connectivity index (χ3n) is 5.59. The molecule has 0 unspecified atom stereocenters. The first-order valence-electron chi connectivity index (χ1n) is 11.1. The molecule has 0 radical (unpaired) electrons. The van der Waals surface area contributed by atoms with Crippen LogP contribution in [0.1, 0.15) is 20.9 Å². The zero-order chi connectivity index (χ0) is 27.4. The lowest BCUT2D eigenvalue weighted by Crippen LogP contribution is -2.51. The van der Waals surface area contributed by atoms with Gasteiger partial charge >= 0.3 is 5.97 Å². The first-order chi connectivity index (χ1) is 18.0. The van der Waals surface area contributed by atoms with Crippen LogP contribution in [-0.2, 0) is 19.6 Å². The molecular formula is C24H20Cl3N3O7S. The average molecular weight is 601 g/mol. The zero-order valence-electron chi connectivity index (χ0n) is 19.5. The third-order valence-corrected chi connectivity index (χ3v) is 7.98. The van der Waals surface area contributed by atoms with Crippen molar-refractivity contribution in [3.8, 4) is 0 Å². The van der Waals surface area contributed by atoms with Crippen molar-refractivity contribution in [1.82, 2.24) is 9.80 Å². The van der Waals surface area contributed by atoms with Crippen molar-refractivity contribution >= 4 is 68.3 Å². The third kappa shape index (κ3) is 6.41. The van der Waals surface area contributed by atoms with E-state index in [1.165, 1.54) is 23.3 Å². The number of benzene rings is 2. The Bertz CT molecular complexity index is 1470. The van der Waals surface area contributed by atoms with Gasteiger partial charge in [-0.05, 0) is 42.5 Å². The van der Waals surface area contributed by atoms with Crippen LogP contribution < -0.4 is 4.72 Å². The number of carbonyl (C=O) groups is 3. The second kappa shape index (κ2) is 11.6. The summed E-state index contributed by atoms with van der Waals surface area (Å²) < 4.78 is 38.4. The molecule has 1 aromatic heterocycles. The number of hydrogen-bond donors (Lipinski definition) is 1. The number of hydrogen-bond acceptors (Lipinski definition) is 7. The molecule has 14 heteroatoms. The number of esters is 1. The van der Waals surface area contributed by atoms with Gasteiger partial charge in [0.2, 0.25) is 0 Å². The van der Waals surface area contributed by atoms with E-state index in [4.69, 9.17) is 44.0 Å². The van der Waals surface area contributed by atoms with Crippen molar-refractivity contribution in [2.45, 2.75) is 4.90 Å². The van der Waals surface area contributed by atoms with Gasteiger partial charge in [0, 0.05) is 31.2 Å². The zero-order valence-corrected chi connectivity index (χ0v) is 22.6. The molecular weight excluding hydrogens is 581 g/mol. The SMILES string of the molecule is O=C(OCC(=O)N1CCN(C(=O)c2ccco2)CC1)c1cc(S(=O)(=O)Nc2cccc(Cl)c2)c(Cl)cc1Cl. The summed E-state index contributed by atoms with van der Waals surface area (Å²) in [5.74, 6) is -1.56. The molecule has 3 aromatic rings. The molecule has 2 aromatic carbocycles. The minimum absolute atomic E-state index is 0.154. The number of halogens is 3. The van der Waals surface area contributed by atoms with Crippen LogP contribution in [-0.4, -0.2) is 68.8 Å². The number of amides is 2. The normalized spacial score (nSPS) is 13.8. The Morgan fingerprint density at radius 3 is 2.29 bits per heavy atom. The predicted octanol–water partition coefficient (Wildman–Crippen LogP) is 4.18. The fraction of sp³-hybridized carbons (Fsp3) is 0.208. The quantitative estimate of drug-likeness (QED) is 0.403. The first-order valence-corrected chi connectivity index (χ1v) is 13.7. The lowest BCUT2D eigenvalue weighted by molar-refractivity contribution is -0.136. The fourth-order valence-electron chi connectivity index (χ4n) is 3.66. The Kier molecular flexibility index (Phi) is 8.51. The molecule has 0 spiro atoms. The molecule has 0 atom stereocenters. The number of nitrogens with one attached hydrogen (secondary N) is 1. The van der Waals surface area contributed by atoms with Gasteiger partial charge in [0.25, 0.3) is 21.8 Å². The van der Waals surface area contributed by atoms with E-state index in [9.17, 15) is 22.8 Å². The fourth-order valence-corrected chi connectivity index (χ4v) is 5.76. The highest BCUT2D eigenvalue weighted by molar-refractivity contribution is 7.92. The maximum absolute atomic E-state index is 12.9. The number of anilines is 1. The van der Waals surface area contributed by atoms with Gasteiger partial charge in [-0.3, -0.25) is 14.3 Å². The van der Waals surface area contributed by atoms with Crippen LogP contribution in [0.25, 0.3) is 0 Å². The smallest absolute Gasteiger partial charge is 0.340 e. The van der Waals surface area contributed by atoms with E-state index in [2.05, 4.69) is 4.72 Å². The molecule has 200 valence electrons. The monoisotopic (exact) mass is 599 g/mol. The van der Waals surface area contributed by atoms with Crippen molar-refractivity contribution in [2.24, 2.45) is 0 Å². The van der Waals surface area contributed by atoms with Gasteiger partial charge in [0.05, 0.1) is 27.6 Å². The highest BCUT2D eigenvalue weighted by Gasteiger charge is 2.28. The minimum atomic E-state index is -4.23. The number of piperazine rings is 1. The van der Waals surface area contributed by atoms with Crippen LogP contribution in [0.5, 0.6) is 0 Å². The van der Waals surface area contributed by atoms with E-state index in [-0.39, 0.29) is 59.1 Å². The van der Waals surface area contributed by atoms with E-state index < -0.39 is 33.4 Å². The molecule has 4 rings (SSSR count). The molecule has 0 saturated carbocycles. The predicted molar refractivity (Wildman–Crippen MR) is 140 cm³/mol. The summed E-state index contributed by atoms with van der Waals surface area (Å²) in [6.45, 7) is 0.434.